The zero-order chi connectivity index (χ0) is 31.8. The van der Waals surface area contributed by atoms with Crippen LogP contribution in [0, 0.1) is 0 Å². The van der Waals surface area contributed by atoms with Crippen molar-refractivity contribution in [3.8, 4) is 5.75 Å². The van der Waals surface area contributed by atoms with Crippen molar-refractivity contribution in [1.29, 1.82) is 0 Å². The smallest absolute Gasteiger partial charge is 0.264 e. The molecule has 0 aliphatic heterocycles. The third-order valence-electron chi connectivity index (χ3n) is 7.30. The Labute approximate surface area is 263 Å². The molecule has 0 radical (unpaired) electrons. The molecule has 2 N–H and O–H groups in total. The molecule has 5 aromatic carbocycles. The van der Waals surface area contributed by atoms with Gasteiger partial charge in [-0.05, 0) is 66.6 Å². The van der Waals surface area contributed by atoms with Crippen molar-refractivity contribution in [2.75, 3.05) is 16.7 Å². The standard InChI is InChI=1S/C36H33N3O5S/c1-26(28-15-7-4-8-16-28)37-35(40)31-17-9-11-19-33(31)38-36(41)32-18-10-12-20-34(32)39(25-27-13-5-3-6-14-27)45(42,43)30-23-21-29(44-2)22-24-30/h3-24,26H,25H2,1-2H3,(H,37,40)(H,38,41)/t26-/m1/s1. The average Bonchev–Trinajstić information content (AvgIpc) is 3.08. The molecule has 9 heteroatoms. The van der Waals surface area contributed by atoms with E-state index >= 15 is 0 Å². The predicted molar refractivity (Wildman–Crippen MR) is 176 cm³/mol. The minimum atomic E-state index is -4.13. The number of methoxy groups -OCH3 is 1. The first kappa shape index (κ1) is 31.0. The van der Waals surface area contributed by atoms with E-state index < -0.39 is 15.9 Å². The topological polar surface area (TPSA) is 105 Å². The summed E-state index contributed by atoms with van der Waals surface area (Å²) in [5.41, 5.74) is 2.56. The van der Waals surface area contributed by atoms with Gasteiger partial charge < -0.3 is 15.4 Å². The third kappa shape index (κ3) is 7.22. The van der Waals surface area contributed by atoms with Crippen molar-refractivity contribution < 1.29 is 22.7 Å². The number of hydrogen-bond donors (Lipinski definition) is 2. The molecule has 0 unspecified atom stereocenters. The van der Waals surface area contributed by atoms with Gasteiger partial charge in [-0.1, -0.05) is 84.9 Å². The number of rotatable bonds is 11. The van der Waals surface area contributed by atoms with Crippen LogP contribution in [0.1, 0.15) is 44.8 Å². The van der Waals surface area contributed by atoms with Crippen LogP contribution in [-0.2, 0) is 16.6 Å². The number of ether oxygens (including phenoxy) is 1. The van der Waals surface area contributed by atoms with E-state index in [1.807, 2.05) is 67.6 Å². The van der Waals surface area contributed by atoms with Crippen molar-refractivity contribution in [3.05, 3.63) is 156 Å². The van der Waals surface area contributed by atoms with E-state index in [2.05, 4.69) is 10.6 Å². The lowest BCUT2D eigenvalue weighted by Gasteiger charge is -2.27. The van der Waals surface area contributed by atoms with Crippen LogP contribution in [0.3, 0.4) is 0 Å². The molecule has 228 valence electrons. The van der Waals surface area contributed by atoms with Gasteiger partial charge in [-0.3, -0.25) is 13.9 Å². The molecule has 0 bridgehead atoms. The molecule has 8 nitrogen and oxygen atoms in total. The molecule has 5 rings (SSSR count). The maximum atomic E-state index is 14.1. The number of carbonyl (C=O) groups is 2. The van der Waals surface area contributed by atoms with Crippen LogP contribution < -0.4 is 19.7 Å². The SMILES string of the molecule is COc1ccc(S(=O)(=O)N(Cc2ccccc2)c2ccccc2C(=O)Nc2ccccc2C(=O)N[C@H](C)c2ccccc2)cc1. The second-order valence-electron chi connectivity index (χ2n) is 10.3. The lowest BCUT2D eigenvalue weighted by molar-refractivity contribution is 0.0940. The summed E-state index contributed by atoms with van der Waals surface area (Å²) in [5.74, 6) is -0.405. The van der Waals surface area contributed by atoms with Gasteiger partial charge in [-0.15, -0.1) is 0 Å². The number of carbonyl (C=O) groups excluding carboxylic acids is 2. The van der Waals surface area contributed by atoms with Gasteiger partial charge in [0, 0.05) is 0 Å². The molecule has 0 fully saturated rings. The maximum absolute atomic E-state index is 14.1. The van der Waals surface area contributed by atoms with Gasteiger partial charge in [0.25, 0.3) is 21.8 Å². The fourth-order valence-electron chi connectivity index (χ4n) is 4.89. The Hall–Kier alpha value is -5.41. The largest absolute Gasteiger partial charge is 0.497 e. The van der Waals surface area contributed by atoms with Gasteiger partial charge in [-0.2, -0.15) is 0 Å². The Bertz CT molecular complexity index is 1880. The fourth-order valence-corrected chi connectivity index (χ4v) is 6.36. The molecule has 1 atom stereocenters. The van der Waals surface area contributed by atoms with Gasteiger partial charge in [0.15, 0.2) is 0 Å². The van der Waals surface area contributed by atoms with Gasteiger partial charge >= 0.3 is 0 Å². The highest BCUT2D eigenvalue weighted by molar-refractivity contribution is 7.92. The molecule has 5 aromatic rings. The highest BCUT2D eigenvalue weighted by atomic mass is 32.2. The van der Waals surface area contributed by atoms with Crippen LogP contribution in [0.4, 0.5) is 11.4 Å². The summed E-state index contributed by atoms with van der Waals surface area (Å²) in [6.45, 7) is 1.87. The molecular weight excluding hydrogens is 586 g/mol. The van der Waals surface area contributed by atoms with Crippen LogP contribution in [-0.4, -0.2) is 27.3 Å². The summed E-state index contributed by atoms with van der Waals surface area (Å²) in [6.07, 6.45) is 0. The van der Waals surface area contributed by atoms with E-state index in [1.165, 1.54) is 23.5 Å². The van der Waals surface area contributed by atoms with Gasteiger partial charge in [0.1, 0.15) is 5.75 Å². The summed E-state index contributed by atoms with van der Waals surface area (Å²) in [4.78, 5) is 27.2. The zero-order valence-corrected chi connectivity index (χ0v) is 25.7. The molecule has 0 aliphatic carbocycles. The van der Waals surface area contributed by atoms with Gasteiger partial charge in [0.2, 0.25) is 0 Å². The number of benzene rings is 5. The third-order valence-corrected chi connectivity index (χ3v) is 9.07. The van der Waals surface area contributed by atoms with Crippen LogP contribution in [0.15, 0.2) is 138 Å². The highest BCUT2D eigenvalue weighted by Crippen LogP contribution is 2.31. The van der Waals surface area contributed by atoms with E-state index in [0.29, 0.717) is 11.4 Å². The Kier molecular flexibility index (Phi) is 9.60. The molecule has 0 saturated carbocycles. The fraction of sp³-hybridized carbons (Fsp3) is 0.111. The first-order valence-corrected chi connectivity index (χ1v) is 15.8. The maximum Gasteiger partial charge on any atom is 0.264 e. The predicted octanol–water partition coefficient (Wildman–Crippen LogP) is 6.83. The Morgan fingerprint density at radius 1 is 0.711 bits per heavy atom. The molecule has 0 saturated heterocycles. The zero-order valence-electron chi connectivity index (χ0n) is 24.9. The van der Waals surface area contributed by atoms with Crippen molar-refractivity contribution in [2.45, 2.75) is 24.4 Å². The number of hydrogen-bond acceptors (Lipinski definition) is 5. The van der Waals surface area contributed by atoms with Crippen molar-refractivity contribution in [3.63, 3.8) is 0 Å². The van der Waals surface area contributed by atoms with E-state index in [1.54, 1.807) is 60.7 Å². The molecule has 45 heavy (non-hydrogen) atoms. The first-order chi connectivity index (χ1) is 21.8. The van der Waals surface area contributed by atoms with Crippen molar-refractivity contribution >= 4 is 33.2 Å². The van der Waals surface area contributed by atoms with E-state index in [4.69, 9.17) is 4.74 Å². The van der Waals surface area contributed by atoms with E-state index in [9.17, 15) is 18.0 Å². The summed E-state index contributed by atoms with van der Waals surface area (Å²) < 4.78 is 34.7. The second kappa shape index (κ2) is 13.9. The molecule has 0 heterocycles. The molecule has 0 aromatic heterocycles. The normalized spacial score (nSPS) is 11.7. The van der Waals surface area contributed by atoms with Gasteiger partial charge in [-0.25, -0.2) is 8.42 Å². The Balaban J connectivity index is 1.48. The summed E-state index contributed by atoms with van der Waals surface area (Å²) in [7, 11) is -2.63. The lowest BCUT2D eigenvalue weighted by Crippen LogP contribution is -2.32. The Morgan fingerprint density at radius 3 is 1.96 bits per heavy atom. The highest BCUT2D eigenvalue weighted by Gasteiger charge is 2.29. The molecule has 0 spiro atoms. The van der Waals surface area contributed by atoms with E-state index in [0.717, 1.165) is 11.1 Å². The minimum Gasteiger partial charge on any atom is -0.497 e. The molecule has 2 amide bonds. The second-order valence-corrected chi connectivity index (χ2v) is 12.2. The quantitative estimate of drug-likeness (QED) is 0.169. The number of anilines is 2. The summed E-state index contributed by atoms with van der Waals surface area (Å²) >= 11 is 0. The molecule has 0 aliphatic rings. The summed E-state index contributed by atoms with van der Waals surface area (Å²) in [6, 6.07) is 37.8. The van der Waals surface area contributed by atoms with Crippen LogP contribution >= 0.6 is 0 Å². The van der Waals surface area contributed by atoms with Crippen LogP contribution in [0.5, 0.6) is 5.75 Å². The van der Waals surface area contributed by atoms with Gasteiger partial charge in [0.05, 0.1) is 47.1 Å². The minimum absolute atomic E-state index is 0.0180. The lowest BCUT2D eigenvalue weighted by atomic mass is 10.1. The number of nitrogens with one attached hydrogen (secondary N) is 2. The Morgan fingerprint density at radius 2 is 1.29 bits per heavy atom. The average molecular weight is 620 g/mol. The van der Waals surface area contributed by atoms with Crippen molar-refractivity contribution in [2.24, 2.45) is 0 Å². The molecular formula is C36H33N3O5S. The number of sulfonamides is 1. The van der Waals surface area contributed by atoms with Crippen LogP contribution in [0.25, 0.3) is 0 Å². The first-order valence-electron chi connectivity index (χ1n) is 14.3. The number of para-hydroxylation sites is 2. The number of nitrogens with zero attached hydrogens (tertiary/aromatic N) is 1. The van der Waals surface area contributed by atoms with Crippen molar-refractivity contribution in [1.82, 2.24) is 5.32 Å². The summed E-state index contributed by atoms with van der Waals surface area (Å²) in [5, 5.41) is 5.83. The van der Waals surface area contributed by atoms with E-state index in [-0.39, 0.29) is 40.2 Å². The van der Waals surface area contributed by atoms with Crippen LogP contribution in [0.2, 0.25) is 0 Å². The number of amides is 2. The monoisotopic (exact) mass is 619 g/mol.